The van der Waals surface area contributed by atoms with Crippen LogP contribution in [0, 0.1) is 11.8 Å². The van der Waals surface area contributed by atoms with Crippen molar-refractivity contribution in [3.05, 3.63) is 60.4 Å². The summed E-state index contributed by atoms with van der Waals surface area (Å²) in [5.41, 5.74) is 0.886. The van der Waals surface area contributed by atoms with Crippen LogP contribution in [0.5, 0.6) is 5.75 Å². The number of para-hydroxylation sites is 2. The Hall–Kier alpha value is -3.47. The van der Waals surface area contributed by atoms with E-state index in [9.17, 15) is 18.0 Å². The Labute approximate surface area is 159 Å². The molecule has 3 rings (SSSR count). The first-order valence-corrected chi connectivity index (χ1v) is 8.36. The van der Waals surface area contributed by atoms with Gasteiger partial charge in [-0.25, -0.2) is 4.98 Å². The van der Waals surface area contributed by atoms with E-state index in [2.05, 4.69) is 22.1 Å². The summed E-state index contributed by atoms with van der Waals surface area (Å²) in [4.78, 5) is 16.2. The van der Waals surface area contributed by atoms with Crippen LogP contribution in [0.15, 0.2) is 54.9 Å². The van der Waals surface area contributed by atoms with E-state index in [-0.39, 0.29) is 31.4 Å². The van der Waals surface area contributed by atoms with Crippen LogP contribution in [0.2, 0.25) is 0 Å². The number of hydrogen-bond acceptors (Lipinski definition) is 3. The highest BCUT2D eigenvalue weighted by molar-refractivity contribution is 5.80. The van der Waals surface area contributed by atoms with E-state index in [0.717, 1.165) is 23.2 Å². The number of imidazole rings is 1. The van der Waals surface area contributed by atoms with Gasteiger partial charge in [0.2, 0.25) is 5.91 Å². The molecule has 0 atom stereocenters. The lowest BCUT2D eigenvalue weighted by Gasteiger charge is -2.08. The average Bonchev–Trinajstić information content (AvgIpc) is 3.07. The molecule has 1 N–H and O–H groups in total. The topological polar surface area (TPSA) is 56.2 Å². The van der Waals surface area contributed by atoms with Crippen molar-refractivity contribution in [2.45, 2.75) is 12.7 Å². The number of hydrogen-bond donors (Lipinski definition) is 1. The highest BCUT2D eigenvalue weighted by Gasteiger charge is 2.30. The third-order valence-electron chi connectivity index (χ3n) is 3.81. The van der Waals surface area contributed by atoms with E-state index in [1.54, 1.807) is 10.9 Å². The van der Waals surface area contributed by atoms with Crippen molar-refractivity contribution in [3.63, 3.8) is 0 Å². The molecule has 0 aliphatic heterocycles. The lowest BCUT2D eigenvalue weighted by molar-refractivity contribution is -0.137. The minimum Gasteiger partial charge on any atom is -0.481 e. The van der Waals surface area contributed by atoms with Crippen LogP contribution in [-0.2, 0) is 17.5 Å². The summed E-state index contributed by atoms with van der Waals surface area (Å²) >= 11 is 0. The third kappa shape index (κ3) is 5.04. The summed E-state index contributed by atoms with van der Waals surface area (Å²) in [6, 6.07) is 12.1. The molecule has 1 amide bonds. The number of nitrogens with zero attached hydrogens (tertiary/aromatic N) is 2. The highest BCUT2D eigenvalue weighted by atomic mass is 19.4. The van der Waals surface area contributed by atoms with Crippen LogP contribution in [-0.4, -0.2) is 28.6 Å². The maximum absolute atomic E-state index is 12.6. The Bertz CT molecular complexity index is 1030. The summed E-state index contributed by atoms with van der Waals surface area (Å²) < 4.78 is 44.8. The Morgan fingerprint density at radius 3 is 2.79 bits per heavy atom. The van der Waals surface area contributed by atoms with Gasteiger partial charge in [-0.15, -0.1) is 0 Å². The highest BCUT2D eigenvalue weighted by Crippen LogP contribution is 2.31. The molecule has 0 fully saturated rings. The zero-order valence-electron chi connectivity index (χ0n) is 14.7. The first-order chi connectivity index (χ1) is 13.4. The van der Waals surface area contributed by atoms with Gasteiger partial charge in [-0.1, -0.05) is 30.0 Å². The van der Waals surface area contributed by atoms with Crippen molar-refractivity contribution in [2.24, 2.45) is 0 Å². The Morgan fingerprint density at radius 1 is 1.14 bits per heavy atom. The second-order valence-electron chi connectivity index (χ2n) is 5.81. The second-order valence-corrected chi connectivity index (χ2v) is 5.81. The largest absolute Gasteiger partial charge is 0.481 e. The number of nitrogens with one attached hydrogen (secondary N) is 1. The van der Waals surface area contributed by atoms with Gasteiger partial charge in [0.1, 0.15) is 18.9 Å². The van der Waals surface area contributed by atoms with Crippen molar-refractivity contribution in [1.29, 1.82) is 0 Å². The molecule has 0 aliphatic rings. The first kappa shape index (κ1) is 19.3. The fraction of sp³-hybridized carbons (Fsp3) is 0.200. The van der Waals surface area contributed by atoms with Crippen molar-refractivity contribution >= 4 is 16.9 Å². The molecule has 0 saturated carbocycles. The van der Waals surface area contributed by atoms with Crippen LogP contribution in [0.25, 0.3) is 11.0 Å². The number of fused-ring (bicyclic) bond motifs is 1. The summed E-state index contributed by atoms with van der Waals surface area (Å²) in [5, 5.41) is 2.65. The molecule has 8 heteroatoms. The Kier molecular flexibility index (Phi) is 5.84. The lowest BCUT2D eigenvalue weighted by atomic mass is 10.2. The van der Waals surface area contributed by atoms with Gasteiger partial charge in [0.15, 0.2) is 0 Å². The molecule has 1 aromatic heterocycles. The van der Waals surface area contributed by atoms with Crippen LogP contribution >= 0.6 is 0 Å². The fourth-order valence-electron chi connectivity index (χ4n) is 2.48. The molecule has 0 spiro atoms. The van der Waals surface area contributed by atoms with Gasteiger partial charge in [0, 0.05) is 0 Å². The molecule has 0 aliphatic carbocycles. The molecular formula is C20H16F3N3O2. The number of alkyl halides is 3. The number of benzene rings is 2. The number of aromatic nitrogens is 2. The number of ether oxygens (including phenoxy) is 1. The molecule has 3 aromatic rings. The number of amides is 1. The van der Waals surface area contributed by atoms with E-state index >= 15 is 0 Å². The molecule has 0 bridgehead atoms. The summed E-state index contributed by atoms with van der Waals surface area (Å²) in [6.45, 7) is 0.143. The van der Waals surface area contributed by atoms with Crippen molar-refractivity contribution in [2.75, 3.05) is 13.2 Å². The van der Waals surface area contributed by atoms with Crippen LogP contribution < -0.4 is 10.1 Å². The van der Waals surface area contributed by atoms with Gasteiger partial charge in [-0.3, -0.25) is 4.79 Å². The fourth-order valence-corrected chi connectivity index (χ4v) is 2.48. The zero-order chi connectivity index (χ0) is 20.0. The van der Waals surface area contributed by atoms with Gasteiger partial charge >= 0.3 is 6.18 Å². The van der Waals surface area contributed by atoms with E-state index < -0.39 is 11.7 Å². The second kappa shape index (κ2) is 8.48. The Morgan fingerprint density at radius 2 is 1.96 bits per heavy atom. The molecule has 0 radical (unpaired) electrons. The summed E-state index contributed by atoms with van der Waals surface area (Å²) in [7, 11) is 0. The molecule has 0 unspecified atom stereocenters. The molecule has 144 valence electrons. The van der Waals surface area contributed by atoms with Crippen molar-refractivity contribution < 1.29 is 22.7 Å². The van der Waals surface area contributed by atoms with E-state index in [1.807, 2.05) is 24.3 Å². The number of rotatable bonds is 5. The van der Waals surface area contributed by atoms with Gasteiger partial charge < -0.3 is 14.6 Å². The Balaban J connectivity index is 1.43. The molecule has 1 heterocycles. The molecular weight excluding hydrogens is 371 g/mol. The quantitative estimate of drug-likeness (QED) is 0.684. The monoisotopic (exact) mass is 387 g/mol. The van der Waals surface area contributed by atoms with Crippen molar-refractivity contribution in [3.8, 4) is 17.6 Å². The summed E-state index contributed by atoms with van der Waals surface area (Å²) in [5.74, 6) is 5.20. The van der Waals surface area contributed by atoms with E-state index in [1.165, 1.54) is 12.1 Å². The van der Waals surface area contributed by atoms with Crippen LogP contribution in [0.4, 0.5) is 13.2 Å². The minimum atomic E-state index is -4.42. The first-order valence-electron chi connectivity index (χ1n) is 8.36. The van der Waals surface area contributed by atoms with Crippen LogP contribution in [0.1, 0.15) is 5.56 Å². The van der Waals surface area contributed by atoms with Crippen molar-refractivity contribution in [1.82, 2.24) is 14.9 Å². The predicted octanol–water partition coefficient (Wildman–Crippen LogP) is 3.25. The molecule has 2 aromatic carbocycles. The van der Waals surface area contributed by atoms with Gasteiger partial charge in [-0.05, 0) is 30.3 Å². The van der Waals surface area contributed by atoms with E-state index in [0.29, 0.717) is 0 Å². The smallest absolute Gasteiger partial charge is 0.416 e. The minimum absolute atomic E-state index is 0.0800. The molecule has 28 heavy (non-hydrogen) atoms. The zero-order valence-corrected chi connectivity index (χ0v) is 14.7. The predicted molar refractivity (Wildman–Crippen MR) is 97.5 cm³/mol. The third-order valence-corrected chi connectivity index (χ3v) is 3.81. The number of halogens is 3. The lowest BCUT2D eigenvalue weighted by Crippen LogP contribution is -2.27. The van der Waals surface area contributed by atoms with Gasteiger partial charge in [-0.2, -0.15) is 13.2 Å². The van der Waals surface area contributed by atoms with Crippen LogP contribution in [0.3, 0.4) is 0 Å². The van der Waals surface area contributed by atoms with E-state index in [4.69, 9.17) is 4.74 Å². The molecule has 0 saturated heterocycles. The number of carbonyl (C=O) groups is 1. The van der Waals surface area contributed by atoms with Gasteiger partial charge in [0.25, 0.3) is 0 Å². The number of carbonyl (C=O) groups excluding carboxylic acids is 1. The van der Waals surface area contributed by atoms with Gasteiger partial charge in [0.05, 0.1) is 29.5 Å². The normalized spacial score (nSPS) is 11.0. The summed E-state index contributed by atoms with van der Waals surface area (Å²) in [6.07, 6.45) is -2.82. The average molecular weight is 387 g/mol. The maximum atomic E-state index is 12.6. The maximum Gasteiger partial charge on any atom is 0.416 e. The SMILES string of the molecule is O=C(Cn1cnc2ccccc21)NCC#CCOc1cccc(C(F)(F)F)c1. The standard InChI is InChI=1S/C20H16F3N3O2/c21-20(22,23)15-6-5-7-16(12-15)28-11-4-3-10-24-19(27)13-26-14-25-17-8-1-2-9-18(17)26/h1-2,5-9,12,14H,10-11,13H2,(H,24,27). The molecule has 5 nitrogen and oxygen atoms in total.